The number of likely N-dealkylation sites (N-methyl/N-ethyl adjacent to an activating group) is 1. The van der Waals surface area contributed by atoms with Crippen LogP contribution in [0, 0.1) is 0 Å². The summed E-state index contributed by atoms with van der Waals surface area (Å²) in [6.45, 7) is 4.78. The third-order valence-electron chi connectivity index (χ3n) is 2.41. The average Bonchev–Trinajstić information content (AvgIpc) is 2.31. The van der Waals surface area contributed by atoms with Gasteiger partial charge in [0.15, 0.2) is 0 Å². The fourth-order valence-corrected chi connectivity index (χ4v) is 1.37. The van der Waals surface area contributed by atoms with Gasteiger partial charge in [-0.05, 0) is 26.3 Å². The maximum Gasteiger partial charge on any atom is 0.238 e. The first kappa shape index (κ1) is 16.4. The monoisotopic (exact) mass is 246 g/mol. The molecule has 1 N–H and O–H groups in total. The summed E-state index contributed by atoms with van der Waals surface area (Å²) < 4.78 is 10.2. The summed E-state index contributed by atoms with van der Waals surface area (Å²) in [5, 5.41) is 3.19. The van der Waals surface area contributed by atoms with Crippen molar-refractivity contribution in [3.8, 4) is 0 Å². The second-order valence-corrected chi connectivity index (χ2v) is 4.22. The van der Waals surface area contributed by atoms with Crippen molar-refractivity contribution in [2.75, 3.05) is 47.6 Å². The molecule has 0 aromatic rings. The molecule has 0 aromatic carbocycles. The van der Waals surface area contributed by atoms with Gasteiger partial charge in [-0.1, -0.05) is 0 Å². The molecule has 5 nitrogen and oxygen atoms in total. The van der Waals surface area contributed by atoms with E-state index in [9.17, 15) is 4.79 Å². The summed E-state index contributed by atoms with van der Waals surface area (Å²) in [6, 6.07) is -0.112. The molecule has 1 unspecified atom stereocenters. The highest BCUT2D eigenvalue weighted by molar-refractivity contribution is 5.80. The lowest BCUT2D eigenvalue weighted by atomic mass is 10.2. The van der Waals surface area contributed by atoms with Gasteiger partial charge in [0.1, 0.15) is 0 Å². The van der Waals surface area contributed by atoms with Gasteiger partial charge in [0.2, 0.25) is 5.91 Å². The Balaban J connectivity index is 3.30. The fraction of sp³-hybridized carbons (Fsp3) is 0.917. The van der Waals surface area contributed by atoms with E-state index in [2.05, 4.69) is 5.32 Å². The number of carbonyl (C=O) groups excluding carboxylic acids is 1. The van der Waals surface area contributed by atoms with Crippen LogP contribution in [0.1, 0.15) is 19.8 Å². The SMILES string of the molecule is COCCOCCCCNC(C)C(=O)N(C)C. The van der Waals surface area contributed by atoms with Crippen LogP contribution in [0.5, 0.6) is 0 Å². The van der Waals surface area contributed by atoms with Crippen molar-refractivity contribution in [3.05, 3.63) is 0 Å². The Morgan fingerprint density at radius 3 is 2.53 bits per heavy atom. The van der Waals surface area contributed by atoms with Crippen molar-refractivity contribution in [1.82, 2.24) is 10.2 Å². The van der Waals surface area contributed by atoms with Crippen LogP contribution < -0.4 is 5.32 Å². The van der Waals surface area contributed by atoms with Crippen molar-refractivity contribution in [1.29, 1.82) is 0 Å². The highest BCUT2D eigenvalue weighted by Gasteiger charge is 2.12. The molecule has 5 heteroatoms. The number of nitrogens with zero attached hydrogens (tertiary/aromatic N) is 1. The molecule has 0 radical (unpaired) electrons. The van der Waals surface area contributed by atoms with Gasteiger partial charge in [0.25, 0.3) is 0 Å². The highest BCUT2D eigenvalue weighted by Crippen LogP contribution is 1.92. The van der Waals surface area contributed by atoms with Gasteiger partial charge in [-0.25, -0.2) is 0 Å². The van der Waals surface area contributed by atoms with E-state index in [1.165, 1.54) is 0 Å². The predicted molar refractivity (Wildman–Crippen MR) is 68.1 cm³/mol. The molecule has 0 aliphatic carbocycles. The topological polar surface area (TPSA) is 50.8 Å². The average molecular weight is 246 g/mol. The molecule has 0 spiro atoms. The number of carbonyl (C=O) groups is 1. The van der Waals surface area contributed by atoms with Crippen LogP contribution in [0.3, 0.4) is 0 Å². The standard InChI is InChI=1S/C12H26N2O3/c1-11(12(15)14(2)3)13-7-5-6-8-17-10-9-16-4/h11,13H,5-10H2,1-4H3. The lowest BCUT2D eigenvalue weighted by molar-refractivity contribution is -0.130. The van der Waals surface area contributed by atoms with Gasteiger partial charge in [0, 0.05) is 27.8 Å². The summed E-state index contributed by atoms with van der Waals surface area (Å²) in [6.07, 6.45) is 2.01. The van der Waals surface area contributed by atoms with Crippen molar-refractivity contribution in [3.63, 3.8) is 0 Å². The van der Waals surface area contributed by atoms with E-state index in [-0.39, 0.29) is 11.9 Å². The van der Waals surface area contributed by atoms with E-state index in [0.717, 1.165) is 26.0 Å². The van der Waals surface area contributed by atoms with Crippen LogP contribution in [-0.2, 0) is 14.3 Å². The molecule has 102 valence electrons. The largest absolute Gasteiger partial charge is 0.382 e. The zero-order valence-electron chi connectivity index (χ0n) is 11.5. The summed E-state index contributed by atoms with van der Waals surface area (Å²) >= 11 is 0. The van der Waals surface area contributed by atoms with Gasteiger partial charge >= 0.3 is 0 Å². The molecule has 0 heterocycles. The van der Waals surface area contributed by atoms with Gasteiger partial charge < -0.3 is 19.7 Å². The van der Waals surface area contributed by atoms with E-state index in [0.29, 0.717) is 13.2 Å². The van der Waals surface area contributed by atoms with E-state index in [1.807, 2.05) is 6.92 Å². The molecule has 1 amide bonds. The van der Waals surface area contributed by atoms with Crippen molar-refractivity contribution >= 4 is 5.91 Å². The number of nitrogens with one attached hydrogen (secondary N) is 1. The number of unbranched alkanes of at least 4 members (excludes halogenated alkanes) is 1. The quantitative estimate of drug-likeness (QED) is 0.570. The molecule has 0 saturated carbocycles. The minimum Gasteiger partial charge on any atom is -0.382 e. The van der Waals surface area contributed by atoms with Gasteiger partial charge in [-0.15, -0.1) is 0 Å². The molecule has 0 saturated heterocycles. The lowest BCUT2D eigenvalue weighted by Crippen LogP contribution is -2.41. The number of hydrogen-bond donors (Lipinski definition) is 1. The maximum atomic E-state index is 11.5. The molecule has 0 rings (SSSR count). The summed E-state index contributed by atoms with van der Waals surface area (Å²) in [7, 11) is 5.20. The number of rotatable bonds is 10. The van der Waals surface area contributed by atoms with Gasteiger partial charge in [-0.3, -0.25) is 4.79 Å². The highest BCUT2D eigenvalue weighted by atomic mass is 16.5. The Morgan fingerprint density at radius 2 is 1.94 bits per heavy atom. The molecular weight excluding hydrogens is 220 g/mol. The third-order valence-corrected chi connectivity index (χ3v) is 2.41. The summed E-state index contributed by atoms with van der Waals surface area (Å²) in [5.41, 5.74) is 0. The molecule has 0 aliphatic rings. The van der Waals surface area contributed by atoms with E-state index in [1.54, 1.807) is 26.1 Å². The fourth-order valence-electron chi connectivity index (χ4n) is 1.37. The van der Waals surface area contributed by atoms with Crippen molar-refractivity contribution in [2.45, 2.75) is 25.8 Å². The summed E-state index contributed by atoms with van der Waals surface area (Å²) in [5.74, 6) is 0.112. The number of amides is 1. The number of methoxy groups -OCH3 is 1. The van der Waals surface area contributed by atoms with Crippen LogP contribution in [0.4, 0.5) is 0 Å². The second kappa shape index (κ2) is 10.5. The first-order chi connectivity index (χ1) is 8.09. The Bertz CT molecular complexity index is 198. The molecule has 1 atom stereocenters. The molecule has 0 fully saturated rings. The maximum absolute atomic E-state index is 11.5. The van der Waals surface area contributed by atoms with E-state index < -0.39 is 0 Å². The Labute approximate surface area is 104 Å². The Hall–Kier alpha value is -0.650. The zero-order valence-corrected chi connectivity index (χ0v) is 11.5. The first-order valence-electron chi connectivity index (χ1n) is 6.10. The number of hydrogen-bond acceptors (Lipinski definition) is 4. The molecule has 0 aliphatic heterocycles. The van der Waals surface area contributed by atoms with Crippen LogP contribution in [0.2, 0.25) is 0 Å². The molecule has 0 bridgehead atoms. The predicted octanol–water partition coefficient (Wildman–Crippen LogP) is 0.496. The lowest BCUT2D eigenvalue weighted by Gasteiger charge is -2.17. The van der Waals surface area contributed by atoms with Gasteiger partial charge in [0.05, 0.1) is 19.3 Å². The molecule has 17 heavy (non-hydrogen) atoms. The van der Waals surface area contributed by atoms with E-state index in [4.69, 9.17) is 9.47 Å². The minimum absolute atomic E-state index is 0.112. The summed E-state index contributed by atoms with van der Waals surface area (Å²) in [4.78, 5) is 13.1. The second-order valence-electron chi connectivity index (χ2n) is 4.22. The normalized spacial score (nSPS) is 12.5. The smallest absolute Gasteiger partial charge is 0.238 e. The van der Waals surface area contributed by atoms with Crippen LogP contribution in [0.15, 0.2) is 0 Å². The van der Waals surface area contributed by atoms with Crippen LogP contribution in [-0.4, -0.2) is 64.4 Å². The third kappa shape index (κ3) is 9.09. The van der Waals surface area contributed by atoms with Gasteiger partial charge in [-0.2, -0.15) is 0 Å². The molecule has 0 aromatic heterocycles. The van der Waals surface area contributed by atoms with Crippen LogP contribution >= 0.6 is 0 Å². The Kier molecular flexibility index (Phi) is 10.1. The van der Waals surface area contributed by atoms with Crippen molar-refractivity contribution < 1.29 is 14.3 Å². The van der Waals surface area contributed by atoms with E-state index >= 15 is 0 Å². The zero-order chi connectivity index (χ0) is 13.1. The molecular formula is C12H26N2O3. The number of ether oxygens (including phenoxy) is 2. The Morgan fingerprint density at radius 1 is 1.24 bits per heavy atom. The minimum atomic E-state index is -0.112. The van der Waals surface area contributed by atoms with Crippen molar-refractivity contribution in [2.24, 2.45) is 0 Å². The first-order valence-corrected chi connectivity index (χ1v) is 6.10. The van der Waals surface area contributed by atoms with Crippen LogP contribution in [0.25, 0.3) is 0 Å².